The third-order valence-electron chi connectivity index (χ3n) is 7.48. The molecule has 2 atom stereocenters. The van der Waals surface area contributed by atoms with Gasteiger partial charge in [0.2, 0.25) is 0 Å². The molecule has 0 aromatic heterocycles. The first-order chi connectivity index (χ1) is 21.8. The summed E-state index contributed by atoms with van der Waals surface area (Å²) < 4.78 is 32.4. The number of phosphoric ester groups is 1. The highest BCUT2D eigenvalue weighted by molar-refractivity contribution is 7.47. The van der Waals surface area contributed by atoms with Gasteiger partial charge in [-0.2, -0.15) is 0 Å². The zero-order chi connectivity index (χ0) is 33.3. The predicted molar refractivity (Wildman–Crippen MR) is 184 cm³/mol. The molecular weight excluding hydrogens is 591 g/mol. The molecule has 8 nitrogen and oxygen atoms in total. The van der Waals surface area contributed by atoms with Gasteiger partial charge < -0.3 is 14.4 Å². The highest BCUT2D eigenvalue weighted by atomic mass is 31.2. The summed E-state index contributed by atoms with van der Waals surface area (Å²) in [5.74, 6) is -0.820. The lowest BCUT2D eigenvalue weighted by molar-refractivity contribution is -0.161. The van der Waals surface area contributed by atoms with Gasteiger partial charge in [-0.05, 0) is 64.7 Å². The van der Waals surface area contributed by atoms with Gasteiger partial charge >= 0.3 is 19.8 Å². The monoisotopic (exact) mass is 658 g/mol. The second kappa shape index (κ2) is 32.5. The van der Waals surface area contributed by atoms with Gasteiger partial charge in [0.25, 0.3) is 0 Å². The number of ether oxygens (including phenoxy) is 2. The Bertz CT molecular complexity index is 798. The van der Waals surface area contributed by atoms with Crippen LogP contribution in [0.5, 0.6) is 0 Å². The molecule has 0 fully saturated rings. The Morgan fingerprint density at radius 3 is 1.53 bits per heavy atom. The summed E-state index contributed by atoms with van der Waals surface area (Å²) in [6.07, 6.45) is 32.3. The van der Waals surface area contributed by atoms with Crippen molar-refractivity contribution in [3.05, 3.63) is 24.3 Å². The molecule has 0 bridgehead atoms. The molecule has 0 amide bonds. The molecule has 0 rings (SSSR count). The van der Waals surface area contributed by atoms with Crippen LogP contribution >= 0.6 is 7.82 Å². The molecule has 0 heterocycles. The third kappa shape index (κ3) is 32.3. The zero-order valence-corrected chi connectivity index (χ0v) is 29.9. The Morgan fingerprint density at radius 2 is 1.02 bits per heavy atom. The Labute approximate surface area is 275 Å². The molecule has 0 spiro atoms. The van der Waals surface area contributed by atoms with Gasteiger partial charge in [0.05, 0.1) is 13.2 Å². The number of unbranched alkanes of at least 4 members (excludes halogenated alkanes) is 17. The lowest BCUT2D eigenvalue weighted by atomic mass is 10.1. The van der Waals surface area contributed by atoms with Crippen molar-refractivity contribution in [3.8, 4) is 0 Å². The van der Waals surface area contributed by atoms with Gasteiger partial charge in [0.15, 0.2) is 6.10 Å². The van der Waals surface area contributed by atoms with E-state index in [0.717, 1.165) is 77.0 Å². The van der Waals surface area contributed by atoms with Gasteiger partial charge in [-0.3, -0.25) is 18.6 Å². The van der Waals surface area contributed by atoms with Gasteiger partial charge in [-0.1, -0.05) is 115 Å². The van der Waals surface area contributed by atoms with Crippen LogP contribution in [0.3, 0.4) is 0 Å². The Hall–Kier alpha value is -1.47. The molecule has 0 saturated heterocycles. The van der Waals surface area contributed by atoms with Crippen molar-refractivity contribution < 1.29 is 37.6 Å². The van der Waals surface area contributed by atoms with E-state index in [0.29, 0.717) is 6.42 Å². The van der Waals surface area contributed by atoms with E-state index >= 15 is 0 Å². The van der Waals surface area contributed by atoms with E-state index in [1.54, 1.807) is 6.92 Å². The van der Waals surface area contributed by atoms with Crippen LogP contribution in [0.4, 0.5) is 0 Å². The summed E-state index contributed by atoms with van der Waals surface area (Å²) in [5, 5.41) is 0. The van der Waals surface area contributed by atoms with Crippen molar-refractivity contribution in [3.63, 3.8) is 0 Å². The predicted octanol–water partition coefficient (Wildman–Crippen LogP) is 10.7. The molecule has 1 N–H and O–H groups in total. The standard InChI is InChI=1S/C36H67O8P/c1-4-7-9-11-13-15-17-18-19-21-23-25-27-29-31-36(38)44-34(33-43-45(39,40)42-6-3)32-41-35(37)30-28-26-24-22-20-16-14-12-10-8-5-2/h12,14,17-18,34H,4-11,13,15-16,19-33H2,1-3H3,(H,39,40)/b14-12-,18-17-. The molecular formula is C36H67O8P. The summed E-state index contributed by atoms with van der Waals surface area (Å²) in [5.41, 5.74) is 0. The van der Waals surface area contributed by atoms with Crippen LogP contribution in [0.2, 0.25) is 0 Å². The average Bonchev–Trinajstić information content (AvgIpc) is 3.01. The highest BCUT2D eigenvalue weighted by Crippen LogP contribution is 2.43. The smallest absolute Gasteiger partial charge is 0.462 e. The number of phosphoric acid groups is 1. The van der Waals surface area contributed by atoms with Crippen molar-refractivity contribution in [1.29, 1.82) is 0 Å². The number of hydrogen-bond acceptors (Lipinski definition) is 7. The van der Waals surface area contributed by atoms with E-state index in [1.165, 1.54) is 51.4 Å². The van der Waals surface area contributed by atoms with Crippen LogP contribution < -0.4 is 0 Å². The van der Waals surface area contributed by atoms with E-state index in [1.807, 2.05) is 0 Å². The van der Waals surface area contributed by atoms with Crippen LogP contribution in [0.25, 0.3) is 0 Å². The van der Waals surface area contributed by atoms with Gasteiger partial charge in [0.1, 0.15) is 6.61 Å². The molecule has 0 aromatic carbocycles. The molecule has 0 aromatic rings. The van der Waals surface area contributed by atoms with Crippen molar-refractivity contribution in [2.24, 2.45) is 0 Å². The molecule has 2 unspecified atom stereocenters. The van der Waals surface area contributed by atoms with Crippen LogP contribution in [0.1, 0.15) is 168 Å². The molecule has 264 valence electrons. The van der Waals surface area contributed by atoms with Crippen molar-refractivity contribution in [2.45, 2.75) is 175 Å². The minimum Gasteiger partial charge on any atom is -0.462 e. The fraction of sp³-hybridized carbons (Fsp3) is 0.833. The quantitative estimate of drug-likeness (QED) is 0.0321. The largest absolute Gasteiger partial charge is 0.472 e. The second-order valence-corrected chi connectivity index (χ2v) is 13.3. The molecule has 0 aliphatic carbocycles. The highest BCUT2D eigenvalue weighted by Gasteiger charge is 2.25. The lowest BCUT2D eigenvalue weighted by Crippen LogP contribution is -2.29. The fourth-order valence-corrected chi connectivity index (χ4v) is 5.54. The number of carbonyl (C=O) groups excluding carboxylic acids is 2. The Kier molecular flexibility index (Phi) is 31.4. The number of rotatable bonds is 33. The topological polar surface area (TPSA) is 108 Å². The van der Waals surface area contributed by atoms with Crippen molar-refractivity contribution in [2.75, 3.05) is 19.8 Å². The molecule has 9 heteroatoms. The van der Waals surface area contributed by atoms with Crippen molar-refractivity contribution >= 4 is 19.8 Å². The minimum atomic E-state index is -4.27. The van der Waals surface area contributed by atoms with Gasteiger partial charge in [0, 0.05) is 12.8 Å². The van der Waals surface area contributed by atoms with Crippen LogP contribution in [0, 0.1) is 0 Å². The number of esters is 2. The van der Waals surface area contributed by atoms with E-state index in [2.05, 4.69) is 38.2 Å². The van der Waals surface area contributed by atoms with Crippen LogP contribution in [-0.2, 0) is 32.7 Å². The van der Waals surface area contributed by atoms with E-state index in [-0.39, 0.29) is 32.0 Å². The van der Waals surface area contributed by atoms with Crippen LogP contribution in [0.15, 0.2) is 24.3 Å². The maximum Gasteiger partial charge on any atom is 0.472 e. The summed E-state index contributed by atoms with van der Waals surface area (Å²) in [6.45, 7) is 5.38. The maximum atomic E-state index is 12.5. The molecule has 45 heavy (non-hydrogen) atoms. The third-order valence-corrected chi connectivity index (χ3v) is 8.54. The number of hydrogen-bond donors (Lipinski definition) is 1. The SMILES string of the molecule is CCCC/C=C\CCCCCCCC(=O)OCC(COP(=O)(O)OCC)OC(=O)CCCCCCC/C=C\CCCCCCC. The fourth-order valence-electron chi connectivity index (χ4n) is 4.78. The lowest BCUT2D eigenvalue weighted by Gasteiger charge is -2.19. The first-order valence-corrected chi connectivity index (χ1v) is 19.6. The van der Waals surface area contributed by atoms with Gasteiger partial charge in [-0.25, -0.2) is 4.57 Å². The van der Waals surface area contributed by atoms with Gasteiger partial charge in [-0.15, -0.1) is 0 Å². The first kappa shape index (κ1) is 43.5. The summed E-state index contributed by atoms with van der Waals surface area (Å²) >= 11 is 0. The number of carbonyl (C=O) groups is 2. The molecule has 0 aliphatic rings. The molecule has 0 saturated carbocycles. The minimum absolute atomic E-state index is 0.00170. The second-order valence-electron chi connectivity index (χ2n) is 11.9. The maximum absolute atomic E-state index is 12.5. The molecule has 0 aliphatic heterocycles. The zero-order valence-electron chi connectivity index (χ0n) is 29.0. The van der Waals surface area contributed by atoms with Crippen molar-refractivity contribution in [1.82, 2.24) is 0 Å². The summed E-state index contributed by atoms with van der Waals surface area (Å²) in [4.78, 5) is 34.5. The summed E-state index contributed by atoms with van der Waals surface area (Å²) in [6, 6.07) is 0. The normalized spacial score (nSPS) is 13.8. The van der Waals surface area contributed by atoms with E-state index < -0.39 is 26.5 Å². The summed E-state index contributed by atoms with van der Waals surface area (Å²) in [7, 11) is -4.27. The van der Waals surface area contributed by atoms with Crippen LogP contribution in [-0.4, -0.2) is 42.8 Å². The Morgan fingerprint density at radius 1 is 0.578 bits per heavy atom. The molecule has 0 radical (unpaired) electrons. The first-order valence-electron chi connectivity index (χ1n) is 18.1. The van der Waals surface area contributed by atoms with E-state index in [4.69, 9.17) is 18.5 Å². The van der Waals surface area contributed by atoms with E-state index in [9.17, 15) is 19.0 Å². The average molecular weight is 659 g/mol. The number of allylic oxidation sites excluding steroid dienone is 4. The Balaban J connectivity index is 4.20.